The molecule has 0 radical (unpaired) electrons. The first kappa shape index (κ1) is 15.9. The van der Waals surface area contributed by atoms with E-state index in [2.05, 4.69) is 54.6 Å². The smallest absolute Gasteiger partial charge is 0.100 e. The maximum absolute atomic E-state index is 8.80. The van der Waals surface area contributed by atoms with Gasteiger partial charge in [0.2, 0.25) is 0 Å². The van der Waals surface area contributed by atoms with Gasteiger partial charge in [0.15, 0.2) is 0 Å². The van der Waals surface area contributed by atoms with Gasteiger partial charge in [-0.05, 0) is 44.4 Å². The number of anilines is 1. The summed E-state index contributed by atoms with van der Waals surface area (Å²) in [5.74, 6) is 1.10. The van der Waals surface area contributed by atoms with Gasteiger partial charge in [0.05, 0.1) is 5.56 Å². The van der Waals surface area contributed by atoms with Crippen LogP contribution >= 0.6 is 23.1 Å². The van der Waals surface area contributed by atoms with Crippen molar-refractivity contribution in [2.24, 2.45) is 0 Å². The molecule has 5 heteroatoms. The Hall–Kier alpha value is -1.48. The van der Waals surface area contributed by atoms with Crippen molar-refractivity contribution in [1.29, 1.82) is 5.26 Å². The van der Waals surface area contributed by atoms with Crippen LogP contribution in [0.25, 0.3) is 0 Å². The Balaban J connectivity index is 1.80. The molecule has 0 fully saturated rings. The SMILES string of the molecule is CN(C)CCSc1ccc(NCc2cc(C#N)cs2)cc1. The predicted octanol–water partition coefficient (Wildman–Crippen LogP) is 3.89. The van der Waals surface area contributed by atoms with E-state index in [0.29, 0.717) is 0 Å². The molecule has 1 aromatic heterocycles. The van der Waals surface area contributed by atoms with Crippen molar-refractivity contribution in [2.45, 2.75) is 11.4 Å². The molecule has 0 aliphatic rings. The van der Waals surface area contributed by atoms with Gasteiger partial charge in [0.1, 0.15) is 6.07 Å². The molecule has 21 heavy (non-hydrogen) atoms. The van der Waals surface area contributed by atoms with E-state index < -0.39 is 0 Å². The molecule has 0 bridgehead atoms. The molecule has 2 aromatic rings. The fraction of sp³-hybridized carbons (Fsp3) is 0.312. The van der Waals surface area contributed by atoms with E-state index >= 15 is 0 Å². The van der Waals surface area contributed by atoms with Gasteiger partial charge in [-0.15, -0.1) is 23.1 Å². The molecule has 1 heterocycles. The normalized spacial score (nSPS) is 10.6. The Morgan fingerprint density at radius 2 is 2.05 bits per heavy atom. The summed E-state index contributed by atoms with van der Waals surface area (Å²) in [6, 6.07) is 12.6. The van der Waals surface area contributed by atoms with E-state index in [1.54, 1.807) is 11.3 Å². The molecule has 0 aliphatic carbocycles. The maximum atomic E-state index is 8.80. The number of thiophene rings is 1. The summed E-state index contributed by atoms with van der Waals surface area (Å²) in [5.41, 5.74) is 1.85. The summed E-state index contributed by atoms with van der Waals surface area (Å²) in [4.78, 5) is 4.67. The number of thioether (sulfide) groups is 1. The van der Waals surface area contributed by atoms with Crippen LogP contribution < -0.4 is 5.32 Å². The zero-order valence-corrected chi connectivity index (χ0v) is 13.9. The van der Waals surface area contributed by atoms with Crippen molar-refractivity contribution in [3.05, 3.63) is 46.2 Å². The minimum Gasteiger partial charge on any atom is -0.380 e. The highest BCUT2D eigenvalue weighted by atomic mass is 32.2. The third-order valence-electron chi connectivity index (χ3n) is 2.91. The van der Waals surface area contributed by atoms with Gasteiger partial charge >= 0.3 is 0 Å². The molecular weight excluding hydrogens is 298 g/mol. The Bertz CT molecular complexity index is 597. The average Bonchev–Trinajstić information content (AvgIpc) is 2.94. The standard InChI is InChI=1S/C16H19N3S2/c1-19(2)7-8-20-15-5-3-14(4-6-15)18-11-16-9-13(10-17)12-21-16/h3-6,9,12,18H,7-8,11H2,1-2H3. The summed E-state index contributed by atoms with van der Waals surface area (Å²) in [5, 5.41) is 14.1. The fourth-order valence-electron chi connectivity index (χ4n) is 1.74. The average molecular weight is 317 g/mol. The highest BCUT2D eigenvalue weighted by Crippen LogP contribution is 2.21. The Morgan fingerprint density at radius 3 is 2.67 bits per heavy atom. The number of hydrogen-bond donors (Lipinski definition) is 1. The second-order valence-electron chi connectivity index (χ2n) is 4.94. The van der Waals surface area contributed by atoms with E-state index in [0.717, 1.165) is 30.1 Å². The largest absolute Gasteiger partial charge is 0.380 e. The van der Waals surface area contributed by atoms with E-state index in [-0.39, 0.29) is 0 Å². The molecule has 0 amide bonds. The predicted molar refractivity (Wildman–Crippen MR) is 92.1 cm³/mol. The van der Waals surface area contributed by atoms with Gasteiger partial charge in [-0.25, -0.2) is 0 Å². The lowest BCUT2D eigenvalue weighted by Crippen LogP contribution is -2.14. The Kier molecular flexibility index (Phi) is 6.12. The van der Waals surface area contributed by atoms with Gasteiger partial charge in [0, 0.05) is 39.7 Å². The van der Waals surface area contributed by atoms with Crippen LogP contribution in [0.5, 0.6) is 0 Å². The van der Waals surface area contributed by atoms with Crippen molar-refractivity contribution < 1.29 is 0 Å². The summed E-state index contributed by atoms with van der Waals surface area (Å²) in [6.45, 7) is 1.85. The van der Waals surface area contributed by atoms with Gasteiger partial charge in [-0.2, -0.15) is 5.26 Å². The summed E-state index contributed by atoms with van der Waals surface area (Å²) < 4.78 is 0. The van der Waals surface area contributed by atoms with Gasteiger partial charge in [-0.1, -0.05) is 0 Å². The first-order valence-electron chi connectivity index (χ1n) is 6.76. The van der Waals surface area contributed by atoms with Crippen molar-refractivity contribution >= 4 is 28.8 Å². The number of nitrogens with zero attached hydrogens (tertiary/aromatic N) is 2. The lowest BCUT2D eigenvalue weighted by Gasteiger charge is -2.09. The van der Waals surface area contributed by atoms with E-state index in [9.17, 15) is 0 Å². The first-order valence-corrected chi connectivity index (χ1v) is 8.63. The Morgan fingerprint density at radius 1 is 1.29 bits per heavy atom. The summed E-state index contributed by atoms with van der Waals surface area (Å²) in [6.07, 6.45) is 0. The van der Waals surface area contributed by atoms with E-state index in [4.69, 9.17) is 5.26 Å². The molecular formula is C16H19N3S2. The summed E-state index contributed by atoms with van der Waals surface area (Å²) in [7, 11) is 4.19. The number of hydrogen-bond acceptors (Lipinski definition) is 5. The molecule has 0 aliphatic heterocycles. The topological polar surface area (TPSA) is 39.1 Å². The van der Waals surface area contributed by atoms with Gasteiger partial charge < -0.3 is 10.2 Å². The molecule has 110 valence electrons. The van der Waals surface area contributed by atoms with Crippen molar-refractivity contribution in [3.63, 3.8) is 0 Å². The van der Waals surface area contributed by atoms with Crippen LogP contribution in [-0.2, 0) is 6.54 Å². The number of nitriles is 1. The van der Waals surface area contributed by atoms with Crippen molar-refractivity contribution in [3.8, 4) is 6.07 Å². The summed E-state index contributed by atoms with van der Waals surface area (Å²) >= 11 is 3.49. The molecule has 0 saturated heterocycles. The zero-order chi connectivity index (χ0) is 15.1. The quantitative estimate of drug-likeness (QED) is 0.787. The highest BCUT2D eigenvalue weighted by Gasteiger charge is 2.00. The van der Waals surface area contributed by atoms with E-state index in [1.165, 1.54) is 9.77 Å². The van der Waals surface area contributed by atoms with Gasteiger partial charge in [0.25, 0.3) is 0 Å². The molecule has 1 N–H and O–H groups in total. The fourth-order valence-corrected chi connectivity index (χ4v) is 3.51. The molecule has 2 rings (SSSR count). The minimum absolute atomic E-state index is 0.740. The molecule has 0 unspecified atom stereocenters. The number of nitrogens with one attached hydrogen (secondary N) is 1. The molecule has 0 saturated carbocycles. The first-order chi connectivity index (χ1) is 10.2. The second kappa shape index (κ2) is 8.08. The number of benzene rings is 1. The highest BCUT2D eigenvalue weighted by molar-refractivity contribution is 7.99. The van der Waals surface area contributed by atoms with Crippen molar-refractivity contribution in [1.82, 2.24) is 4.90 Å². The van der Waals surface area contributed by atoms with Crippen LogP contribution in [0.4, 0.5) is 5.69 Å². The molecule has 0 atom stereocenters. The minimum atomic E-state index is 0.740. The monoisotopic (exact) mass is 317 g/mol. The van der Waals surface area contributed by atoms with Crippen LogP contribution in [0.15, 0.2) is 40.6 Å². The van der Waals surface area contributed by atoms with Crippen LogP contribution in [0.1, 0.15) is 10.4 Å². The van der Waals surface area contributed by atoms with Crippen molar-refractivity contribution in [2.75, 3.05) is 31.7 Å². The van der Waals surface area contributed by atoms with E-state index in [1.807, 2.05) is 23.2 Å². The zero-order valence-electron chi connectivity index (χ0n) is 12.3. The third kappa shape index (κ3) is 5.43. The van der Waals surface area contributed by atoms with Crippen LogP contribution in [0, 0.1) is 11.3 Å². The third-order valence-corrected chi connectivity index (χ3v) is 4.84. The van der Waals surface area contributed by atoms with Crippen LogP contribution in [0.3, 0.4) is 0 Å². The number of rotatable bonds is 7. The maximum Gasteiger partial charge on any atom is 0.100 e. The lowest BCUT2D eigenvalue weighted by atomic mass is 10.3. The van der Waals surface area contributed by atoms with Crippen LogP contribution in [0.2, 0.25) is 0 Å². The molecule has 3 nitrogen and oxygen atoms in total. The molecule has 0 spiro atoms. The molecule has 1 aromatic carbocycles. The van der Waals surface area contributed by atoms with Gasteiger partial charge in [-0.3, -0.25) is 0 Å². The lowest BCUT2D eigenvalue weighted by molar-refractivity contribution is 0.437. The second-order valence-corrected chi connectivity index (χ2v) is 7.11. The Labute approximate surface area is 134 Å². The van der Waals surface area contributed by atoms with Crippen LogP contribution in [-0.4, -0.2) is 31.3 Å².